The van der Waals surface area contributed by atoms with Gasteiger partial charge in [-0.1, -0.05) is 29.8 Å². The lowest BCUT2D eigenvalue weighted by Gasteiger charge is -2.12. The molecule has 0 bridgehead atoms. The molecule has 7 heteroatoms. The summed E-state index contributed by atoms with van der Waals surface area (Å²) in [7, 11) is 0. The van der Waals surface area contributed by atoms with E-state index in [4.69, 9.17) is 4.74 Å². The predicted octanol–water partition coefficient (Wildman–Crippen LogP) is 2.80. The van der Waals surface area contributed by atoms with Crippen molar-refractivity contribution in [2.45, 2.75) is 13.8 Å². The highest BCUT2D eigenvalue weighted by atomic mass is 19.1. The van der Waals surface area contributed by atoms with Gasteiger partial charge in [-0.2, -0.15) is 5.10 Å². The average molecular weight is 381 g/mol. The molecule has 144 valence electrons. The van der Waals surface area contributed by atoms with E-state index in [1.165, 1.54) is 22.9 Å². The second-order valence-electron chi connectivity index (χ2n) is 6.28. The number of hydrogen-bond acceptors (Lipinski definition) is 4. The largest absolute Gasteiger partial charge is 0.492 e. The first-order valence-electron chi connectivity index (χ1n) is 8.79. The van der Waals surface area contributed by atoms with Crippen molar-refractivity contribution in [2.75, 3.05) is 13.2 Å². The van der Waals surface area contributed by atoms with Gasteiger partial charge in [0.15, 0.2) is 5.69 Å². The van der Waals surface area contributed by atoms with Gasteiger partial charge in [-0.3, -0.25) is 9.59 Å². The highest BCUT2D eigenvalue weighted by molar-refractivity contribution is 5.92. The van der Waals surface area contributed by atoms with Gasteiger partial charge in [0.2, 0.25) is 5.43 Å². The summed E-state index contributed by atoms with van der Waals surface area (Å²) in [6.07, 6.45) is 0. The van der Waals surface area contributed by atoms with Crippen LogP contribution >= 0.6 is 0 Å². The summed E-state index contributed by atoms with van der Waals surface area (Å²) in [4.78, 5) is 24.5. The monoisotopic (exact) mass is 381 g/mol. The van der Waals surface area contributed by atoms with Crippen LogP contribution in [0.5, 0.6) is 5.75 Å². The molecule has 0 saturated carbocycles. The van der Waals surface area contributed by atoms with Crippen LogP contribution in [0, 0.1) is 19.7 Å². The Labute approximate surface area is 161 Å². The van der Waals surface area contributed by atoms with E-state index in [1.807, 2.05) is 31.2 Å². The fourth-order valence-electron chi connectivity index (χ4n) is 2.62. The molecule has 0 aliphatic rings. The fourth-order valence-corrected chi connectivity index (χ4v) is 2.62. The first-order chi connectivity index (χ1) is 13.5. The molecule has 1 N–H and O–H groups in total. The second kappa shape index (κ2) is 8.47. The molecule has 0 fully saturated rings. The molecule has 28 heavy (non-hydrogen) atoms. The van der Waals surface area contributed by atoms with Gasteiger partial charge in [0.1, 0.15) is 23.9 Å². The summed E-state index contributed by atoms with van der Waals surface area (Å²) >= 11 is 0. The molecule has 3 rings (SSSR count). The molecule has 3 aromatic rings. The molecule has 0 aliphatic heterocycles. The van der Waals surface area contributed by atoms with Crippen molar-refractivity contribution in [1.82, 2.24) is 15.1 Å². The Kier molecular flexibility index (Phi) is 5.84. The Morgan fingerprint density at radius 2 is 1.86 bits per heavy atom. The zero-order valence-electron chi connectivity index (χ0n) is 15.6. The van der Waals surface area contributed by atoms with E-state index in [-0.39, 0.29) is 24.5 Å². The van der Waals surface area contributed by atoms with Gasteiger partial charge >= 0.3 is 0 Å². The maximum atomic E-state index is 14.1. The molecule has 1 aromatic heterocycles. The smallest absolute Gasteiger partial charge is 0.275 e. The first-order valence-corrected chi connectivity index (χ1v) is 8.79. The van der Waals surface area contributed by atoms with Gasteiger partial charge in [0.25, 0.3) is 5.91 Å². The van der Waals surface area contributed by atoms with Gasteiger partial charge in [-0.15, -0.1) is 0 Å². The van der Waals surface area contributed by atoms with Crippen molar-refractivity contribution in [2.24, 2.45) is 0 Å². The number of aryl methyl sites for hydroxylation is 2. The van der Waals surface area contributed by atoms with E-state index < -0.39 is 17.2 Å². The third-order valence-corrected chi connectivity index (χ3v) is 4.08. The van der Waals surface area contributed by atoms with Gasteiger partial charge in [0, 0.05) is 11.8 Å². The summed E-state index contributed by atoms with van der Waals surface area (Å²) in [6, 6.07) is 14.8. The second-order valence-corrected chi connectivity index (χ2v) is 6.28. The van der Waals surface area contributed by atoms with E-state index in [1.54, 1.807) is 19.1 Å². The van der Waals surface area contributed by atoms with Crippen LogP contribution in [-0.4, -0.2) is 28.8 Å². The van der Waals surface area contributed by atoms with Crippen molar-refractivity contribution in [1.29, 1.82) is 0 Å². The first kappa shape index (κ1) is 19.3. The molecule has 0 aliphatic carbocycles. The number of carbonyl (C=O) groups excluding carboxylic acids is 1. The molecule has 6 nitrogen and oxygen atoms in total. The minimum atomic E-state index is -0.636. The molecular weight excluding hydrogens is 361 g/mol. The molecule has 0 unspecified atom stereocenters. The summed E-state index contributed by atoms with van der Waals surface area (Å²) < 4.78 is 20.8. The summed E-state index contributed by atoms with van der Waals surface area (Å²) in [6.45, 7) is 4.04. The van der Waals surface area contributed by atoms with Gasteiger partial charge < -0.3 is 10.1 Å². The number of nitrogens with one attached hydrogen (secondary N) is 1. The number of carbonyl (C=O) groups is 1. The van der Waals surface area contributed by atoms with Crippen LogP contribution in [0.15, 0.2) is 59.4 Å². The maximum absolute atomic E-state index is 14.1. The van der Waals surface area contributed by atoms with Crippen LogP contribution < -0.4 is 15.5 Å². The molecule has 1 heterocycles. The number of rotatable bonds is 6. The van der Waals surface area contributed by atoms with Crippen molar-refractivity contribution in [3.05, 3.63) is 87.6 Å². The highest BCUT2D eigenvalue weighted by Crippen LogP contribution is 2.13. The maximum Gasteiger partial charge on any atom is 0.275 e. The van der Waals surface area contributed by atoms with Gasteiger partial charge in [-0.25, -0.2) is 9.07 Å². The Morgan fingerprint density at radius 3 is 2.57 bits per heavy atom. The molecule has 0 saturated heterocycles. The lowest BCUT2D eigenvalue weighted by Crippen LogP contribution is -2.34. The summed E-state index contributed by atoms with van der Waals surface area (Å²) in [5.41, 5.74) is 0.884. The van der Waals surface area contributed by atoms with Crippen molar-refractivity contribution >= 4 is 5.91 Å². The van der Waals surface area contributed by atoms with E-state index in [2.05, 4.69) is 10.4 Å². The molecular formula is C21H20FN3O3. The topological polar surface area (TPSA) is 73.2 Å². The lowest BCUT2D eigenvalue weighted by atomic mass is 10.2. The number of benzene rings is 2. The SMILES string of the molecule is Cc1ccc(OCCNC(=O)c2nn(-c3ccccc3F)c(C)cc2=O)cc1. The normalized spacial score (nSPS) is 10.5. The average Bonchev–Trinajstić information content (AvgIpc) is 2.67. The van der Waals surface area contributed by atoms with E-state index in [0.717, 1.165) is 5.56 Å². The standard InChI is InChI=1S/C21H20FN3O3/c1-14-7-9-16(10-8-14)28-12-11-23-21(27)20-19(26)13-15(2)25(24-20)18-6-4-3-5-17(18)22/h3-10,13H,11-12H2,1-2H3,(H,23,27). The Bertz CT molecular complexity index is 1050. The molecule has 2 aromatic carbocycles. The minimum Gasteiger partial charge on any atom is -0.492 e. The van der Waals surface area contributed by atoms with E-state index in [9.17, 15) is 14.0 Å². The van der Waals surface area contributed by atoms with E-state index >= 15 is 0 Å². The number of halogens is 1. The molecule has 0 atom stereocenters. The molecule has 0 radical (unpaired) electrons. The number of aromatic nitrogens is 2. The van der Waals surface area contributed by atoms with Crippen molar-refractivity contribution < 1.29 is 13.9 Å². The lowest BCUT2D eigenvalue weighted by molar-refractivity contribution is 0.0939. The number of nitrogens with zero attached hydrogens (tertiary/aromatic N) is 2. The number of para-hydroxylation sites is 1. The minimum absolute atomic E-state index is 0.164. The third kappa shape index (κ3) is 4.43. The van der Waals surface area contributed by atoms with Crippen LogP contribution in [0.2, 0.25) is 0 Å². The summed E-state index contributed by atoms with van der Waals surface area (Å²) in [5.74, 6) is -0.447. The van der Waals surface area contributed by atoms with Crippen LogP contribution in [0.1, 0.15) is 21.7 Å². The number of ether oxygens (including phenoxy) is 1. The number of amides is 1. The van der Waals surface area contributed by atoms with Crippen LogP contribution in [-0.2, 0) is 0 Å². The zero-order chi connectivity index (χ0) is 20.1. The molecule has 0 spiro atoms. The Hall–Kier alpha value is -3.48. The van der Waals surface area contributed by atoms with Gasteiger partial charge in [0.05, 0.1) is 6.54 Å². The quantitative estimate of drug-likeness (QED) is 0.667. The van der Waals surface area contributed by atoms with Crippen LogP contribution in [0.3, 0.4) is 0 Å². The van der Waals surface area contributed by atoms with E-state index in [0.29, 0.717) is 11.4 Å². The predicted molar refractivity (Wildman–Crippen MR) is 104 cm³/mol. The van der Waals surface area contributed by atoms with Crippen LogP contribution in [0.4, 0.5) is 4.39 Å². The van der Waals surface area contributed by atoms with Crippen molar-refractivity contribution in [3.63, 3.8) is 0 Å². The van der Waals surface area contributed by atoms with Crippen molar-refractivity contribution in [3.8, 4) is 11.4 Å². The molecule has 1 amide bonds. The van der Waals surface area contributed by atoms with Crippen LogP contribution in [0.25, 0.3) is 5.69 Å². The Balaban J connectivity index is 1.69. The highest BCUT2D eigenvalue weighted by Gasteiger charge is 2.16. The number of hydrogen-bond donors (Lipinski definition) is 1. The third-order valence-electron chi connectivity index (χ3n) is 4.08. The van der Waals surface area contributed by atoms with Gasteiger partial charge in [-0.05, 0) is 38.1 Å². The fraction of sp³-hybridized carbons (Fsp3) is 0.190. The Morgan fingerprint density at radius 1 is 1.14 bits per heavy atom. The summed E-state index contributed by atoms with van der Waals surface area (Å²) in [5, 5.41) is 6.66. The zero-order valence-corrected chi connectivity index (χ0v) is 15.6.